The lowest BCUT2D eigenvalue weighted by Crippen LogP contribution is -1.96. The number of rotatable bonds is 1. The van der Waals surface area contributed by atoms with E-state index in [1.165, 1.54) is 9.80 Å². The Morgan fingerprint density at radius 2 is 1.95 bits per heavy atom. The van der Waals surface area contributed by atoms with Crippen LogP contribution >= 0.6 is 23.5 Å². The minimum atomic E-state index is 0.276. The Balaban J connectivity index is 1.88. The molecule has 0 atom stereocenters. The van der Waals surface area contributed by atoms with Gasteiger partial charge < -0.3 is 0 Å². The highest BCUT2D eigenvalue weighted by molar-refractivity contribution is 8.25. The third-order valence-electron chi connectivity index (χ3n) is 3.39. The van der Waals surface area contributed by atoms with Crippen molar-refractivity contribution in [2.24, 2.45) is 0 Å². The van der Waals surface area contributed by atoms with Crippen molar-refractivity contribution in [1.82, 2.24) is 0 Å². The fourth-order valence-electron chi connectivity index (χ4n) is 2.46. The van der Waals surface area contributed by atoms with Crippen LogP contribution in [0.2, 0.25) is 0 Å². The molecule has 2 aliphatic rings. The number of hydrogen-bond acceptors (Lipinski definition) is 3. The maximum atomic E-state index is 12.4. The largest absolute Gasteiger partial charge is 0.289 e. The van der Waals surface area contributed by atoms with Crippen molar-refractivity contribution in [3.8, 4) is 0 Å². The number of Topliss-reactive ketones (excluding diaryl/α,β-unsaturated/α-hetero) is 1. The number of benzene rings is 1. The zero-order valence-electron chi connectivity index (χ0n) is 10.9. The Bertz CT molecular complexity index is 576. The van der Waals surface area contributed by atoms with Crippen LogP contribution < -0.4 is 0 Å². The molecule has 0 N–H and O–H groups in total. The zero-order chi connectivity index (χ0) is 13.2. The Morgan fingerprint density at radius 1 is 1.16 bits per heavy atom. The second-order valence-electron chi connectivity index (χ2n) is 4.88. The number of allylic oxidation sites excluding steroid dienone is 2. The predicted molar refractivity (Wildman–Crippen MR) is 85.3 cm³/mol. The minimum Gasteiger partial charge on any atom is -0.289 e. The summed E-state index contributed by atoms with van der Waals surface area (Å²) < 4.78 is 1.28. The number of thioether (sulfide) groups is 2. The van der Waals surface area contributed by atoms with Crippen molar-refractivity contribution in [1.29, 1.82) is 0 Å². The van der Waals surface area contributed by atoms with Gasteiger partial charge >= 0.3 is 0 Å². The average molecular weight is 288 g/mol. The Kier molecular flexibility index (Phi) is 3.85. The van der Waals surface area contributed by atoms with Gasteiger partial charge in [-0.25, -0.2) is 0 Å². The standard InChI is InChI=1S/C16H16OS2/c1-11-3-2-4-12(9-11)10-13-5-6-14(15(13)17)16-18-7-8-19-16/h2-4,9-10H,5-8H2,1H3. The van der Waals surface area contributed by atoms with E-state index in [4.69, 9.17) is 0 Å². The molecule has 1 saturated heterocycles. The first-order valence-corrected chi connectivity index (χ1v) is 8.52. The van der Waals surface area contributed by atoms with Gasteiger partial charge in [-0.15, -0.1) is 23.5 Å². The van der Waals surface area contributed by atoms with Crippen LogP contribution in [0.5, 0.6) is 0 Å². The molecular formula is C16H16OS2. The van der Waals surface area contributed by atoms with Gasteiger partial charge in [-0.05, 0) is 31.4 Å². The summed E-state index contributed by atoms with van der Waals surface area (Å²) >= 11 is 3.70. The van der Waals surface area contributed by atoms with Crippen molar-refractivity contribution in [3.63, 3.8) is 0 Å². The van der Waals surface area contributed by atoms with Crippen LogP contribution in [0.4, 0.5) is 0 Å². The number of carbonyl (C=O) groups excluding carboxylic acids is 1. The molecule has 1 aromatic carbocycles. The Labute approximate surface area is 122 Å². The van der Waals surface area contributed by atoms with Crippen LogP contribution in [0.1, 0.15) is 24.0 Å². The first-order chi connectivity index (χ1) is 9.24. The van der Waals surface area contributed by atoms with E-state index >= 15 is 0 Å². The predicted octanol–water partition coefficient (Wildman–Crippen LogP) is 4.43. The van der Waals surface area contributed by atoms with E-state index in [0.29, 0.717) is 0 Å². The number of hydrogen-bond donors (Lipinski definition) is 0. The number of aryl methyl sites for hydroxylation is 1. The molecule has 0 bridgehead atoms. The highest BCUT2D eigenvalue weighted by atomic mass is 32.2. The molecule has 0 amide bonds. The van der Waals surface area contributed by atoms with Gasteiger partial charge in [-0.1, -0.05) is 29.8 Å². The summed E-state index contributed by atoms with van der Waals surface area (Å²) in [6.45, 7) is 2.08. The summed E-state index contributed by atoms with van der Waals surface area (Å²) in [5.41, 5.74) is 4.41. The van der Waals surface area contributed by atoms with Crippen LogP contribution in [0.15, 0.2) is 39.6 Å². The van der Waals surface area contributed by atoms with E-state index in [2.05, 4.69) is 31.2 Å². The van der Waals surface area contributed by atoms with E-state index in [-0.39, 0.29) is 5.78 Å². The molecule has 19 heavy (non-hydrogen) atoms. The molecule has 1 nitrogen and oxygen atoms in total. The van der Waals surface area contributed by atoms with E-state index in [1.807, 2.05) is 29.6 Å². The fraction of sp³-hybridized carbons (Fsp3) is 0.312. The maximum absolute atomic E-state index is 12.4. The van der Waals surface area contributed by atoms with Crippen LogP contribution in [-0.2, 0) is 4.79 Å². The summed E-state index contributed by atoms with van der Waals surface area (Å²) in [6.07, 6.45) is 3.88. The van der Waals surface area contributed by atoms with E-state index in [1.54, 1.807) is 0 Å². The van der Waals surface area contributed by atoms with E-state index in [9.17, 15) is 4.79 Å². The molecule has 1 aliphatic carbocycles. The van der Waals surface area contributed by atoms with Crippen molar-refractivity contribution < 1.29 is 4.79 Å². The first kappa shape index (κ1) is 13.1. The van der Waals surface area contributed by atoms with Gasteiger partial charge in [0, 0.05) is 26.9 Å². The minimum absolute atomic E-state index is 0.276. The Hall–Kier alpha value is -0.930. The molecule has 0 radical (unpaired) electrons. The van der Waals surface area contributed by atoms with E-state index in [0.717, 1.165) is 41.1 Å². The molecule has 1 heterocycles. The lowest BCUT2D eigenvalue weighted by molar-refractivity contribution is -0.111. The van der Waals surface area contributed by atoms with Gasteiger partial charge in [-0.2, -0.15) is 0 Å². The molecule has 98 valence electrons. The van der Waals surface area contributed by atoms with Gasteiger partial charge in [0.25, 0.3) is 0 Å². The molecule has 3 heteroatoms. The molecule has 2 fully saturated rings. The van der Waals surface area contributed by atoms with Gasteiger partial charge in [0.2, 0.25) is 0 Å². The second-order valence-corrected chi connectivity index (χ2v) is 7.34. The molecule has 0 aromatic heterocycles. The summed E-state index contributed by atoms with van der Waals surface area (Å²) in [7, 11) is 0. The van der Waals surface area contributed by atoms with E-state index < -0.39 is 0 Å². The number of carbonyl (C=O) groups is 1. The highest BCUT2D eigenvalue weighted by Crippen LogP contribution is 2.43. The van der Waals surface area contributed by atoms with Crippen LogP contribution in [0.25, 0.3) is 6.08 Å². The number of ketones is 1. The van der Waals surface area contributed by atoms with Crippen molar-refractivity contribution in [3.05, 3.63) is 50.8 Å². The second kappa shape index (κ2) is 5.59. The van der Waals surface area contributed by atoms with Crippen LogP contribution in [-0.4, -0.2) is 17.3 Å². The molecule has 0 spiro atoms. The van der Waals surface area contributed by atoms with Gasteiger partial charge in [0.1, 0.15) is 0 Å². The summed E-state index contributed by atoms with van der Waals surface area (Å²) in [5, 5.41) is 0. The lowest BCUT2D eigenvalue weighted by Gasteiger charge is -2.00. The van der Waals surface area contributed by atoms with Gasteiger partial charge in [0.05, 0.1) is 0 Å². The molecule has 1 saturated carbocycles. The van der Waals surface area contributed by atoms with Crippen molar-refractivity contribution in [2.45, 2.75) is 19.8 Å². The molecule has 3 rings (SSSR count). The summed E-state index contributed by atoms with van der Waals surface area (Å²) in [6, 6.07) is 8.32. The third-order valence-corrected chi connectivity index (χ3v) is 6.19. The third kappa shape index (κ3) is 2.82. The summed E-state index contributed by atoms with van der Waals surface area (Å²) in [4.78, 5) is 12.4. The topological polar surface area (TPSA) is 17.1 Å². The van der Waals surface area contributed by atoms with Crippen LogP contribution in [0.3, 0.4) is 0 Å². The van der Waals surface area contributed by atoms with Gasteiger partial charge in [-0.3, -0.25) is 4.79 Å². The molecule has 1 aromatic rings. The smallest absolute Gasteiger partial charge is 0.186 e. The zero-order valence-corrected chi connectivity index (χ0v) is 12.6. The highest BCUT2D eigenvalue weighted by Gasteiger charge is 2.28. The first-order valence-electron chi connectivity index (χ1n) is 6.55. The fourth-order valence-corrected chi connectivity index (χ4v) is 5.07. The van der Waals surface area contributed by atoms with Crippen LogP contribution in [0, 0.1) is 6.92 Å². The monoisotopic (exact) mass is 288 g/mol. The lowest BCUT2D eigenvalue weighted by atomic mass is 10.1. The normalized spacial score (nSPS) is 21.7. The Morgan fingerprint density at radius 3 is 2.68 bits per heavy atom. The quantitative estimate of drug-likeness (QED) is 0.711. The molecule has 1 aliphatic heterocycles. The SMILES string of the molecule is Cc1cccc(C=C2CCC(=C3SCCS3)C2=O)c1. The molecule has 0 unspecified atom stereocenters. The summed E-state index contributed by atoms with van der Waals surface area (Å²) in [5.74, 6) is 2.57. The van der Waals surface area contributed by atoms with Gasteiger partial charge in [0.15, 0.2) is 5.78 Å². The average Bonchev–Trinajstić information content (AvgIpc) is 3.01. The maximum Gasteiger partial charge on any atom is 0.186 e. The van der Waals surface area contributed by atoms with Crippen molar-refractivity contribution >= 4 is 35.4 Å². The molecular weight excluding hydrogens is 272 g/mol. The van der Waals surface area contributed by atoms with Crippen molar-refractivity contribution in [2.75, 3.05) is 11.5 Å².